The van der Waals surface area contributed by atoms with Crippen LogP contribution in [-0.4, -0.2) is 6.03 Å². The van der Waals surface area contributed by atoms with Gasteiger partial charge in [-0.25, -0.2) is 4.79 Å². The average molecular weight is 415 g/mol. The Labute approximate surface area is 174 Å². The Kier molecular flexibility index (Phi) is 6.12. The monoisotopic (exact) mass is 414 g/mol. The molecule has 0 aromatic heterocycles. The van der Waals surface area contributed by atoms with Gasteiger partial charge in [-0.2, -0.15) is 0 Å². The van der Waals surface area contributed by atoms with Gasteiger partial charge in [0.15, 0.2) is 5.75 Å². The number of carbonyl (C=O) groups is 1. The Morgan fingerprint density at radius 2 is 1.43 bits per heavy atom. The van der Waals surface area contributed by atoms with Gasteiger partial charge in [0.1, 0.15) is 5.75 Å². The Morgan fingerprint density at radius 1 is 0.893 bits per heavy atom. The summed E-state index contributed by atoms with van der Waals surface area (Å²) in [6, 6.07) is 21.7. The van der Waals surface area contributed by atoms with E-state index in [9.17, 15) is 4.79 Å². The number of rotatable bonds is 5. The summed E-state index contributed by atoms with van der Waals surface area (Å²) in [5, 5.41) is 6.47. The molecule has 0 atom stereocenters. The van der Waals surface area contributed by atoms with Crippen molar-refractivity contribution in [3.05, 3.63) is 88.4 Å². The zero-order chi connectivity index (χ0) is 20.1. The summed E-state index contributed by atoms with van der Waals surface area (Å²) in [5.74, 6) is 1.02. The maximum atomic E-state index is 12.4. The number of carbonyl (C=O) groups excluding carboxylic acids is 1. The molecule has 6 heteroatoms. The van der Waals surface area contributed by atoms with Crippen molar-refractivity contribution in [2.75, 3.05) is 5.32 Å². The molecule has 0 fully saturated rings. The number of ether oxygens (including phenoxy) is 1. The van der Waals surface area contributed by atoms with E-state index in [1.54, 1.807) is 12.1 Å². The number of nitrogens with one attached hydrogen (secondary N) is 2. The molecule has 3 rings (SSSR count). The minimum atomic E-state index is -0.711. The molecule has 0 heterocycles. The van der Waals surface area contributed by atoms with Crippen molar-refractivity contribution in [3.8, 4) is 11.5 Å². The molecular weight excluding hydrogens is 395 g/mol. The summed E-state index contributed by atoms with van der Waals surface area (Å²) in [7, 11) is 0. The molecule has 28 heavy (non-hydrogen) atoms. The molecule has 2 amide bonds. The second kappa shape index (κ2) is 8.55. The molecule has 3 aromatic carbocycles. The van der Waals surface area contributed by atoms with Crippen LogP contribution in [0, 0.1) is 0 Å². The first-order valence-corrected chi connectivity index (χ1v) is 9.47. The van der Waals surface area contributed by atoms with Gasteiger partial charge in [-0.15, -0.1) is 0 Å². The molecule has 144 valence electrons. The minimum Gasteiger partial charge on any atom is -0.454 e. The van der Waals surface area contributed by atoms with Crippen molar-refractivity contribution in [1.82, 2.24) is 5.32 Å². The normalized spacial score (nSPS) is 11.0. The van der Waals surface area contributed by atoms with Gasteiger partial charge in [0, 0.05) is 5.69 Å². The van der Waals surface area contributed by atoms with Gasteiger partial charge in [0.2, 0.25) is 0 Å². The molecule has 0 saturated heterocycles. The molecule has 0 spiro atoms. The third-order valence-corrected chi connectivity index (χ3v) is 4.70. The molecule has 2 N–H and O–H groups in total. The van der Waals surface area contributed by atoms with Crippen molar-refractivity contribution in [3.63, 3.8) is 0 Å². The number of hydrogen-bond donors (Lipinski definition) is 2. The number of amides is 2. The topological polar surface area (TPSA) is 50.4 Å². The highest BCUT2D eigenvalue weighted by atomic mass is 35.5. The van der Waals surface area contributed by atoms with Crippen LogP contribution < -0.4 is 15.4 Å². The van der Waals surface area contributed by atoms with E-state index in [4.69, 9.17) is 27.9 Å². The lowest BCUT2D eigenvalue weighted by Gasteiger charge is -2.28. The Balaban J connectivity index is 1.77. The third kappa shape index (κ3) is 4.97. The predicted molar refractivity (Wildman–Crippen MR) is 115 cm³/mol. The first kappa shape index (κ1) is 20.1. The number of hydrogen-bond acceptors (Lipinski definition) is 2. The van der Waals surface area contributed by atoms with Gasteiger partial charge < -0.3 is 15.4 Å². The highest BCUT2D eigenvalue weighted by Gasteiger charge is 2.25. The summed E-state index contributed by atoms with van der Waals surface area (Å²) in [6.45, 7) is 3.74. The van der Waals surface area contributed by atoms with Gasteiger partial charge in [-0.1, -0.05) is 59.6 Å². The van der Waals surface area contributed by atoms with E-state index < -0.39 is 5.54 Å². The zero-order valence-electron chi connectivity index (χ0n) is 15.5. The van der Waals surface area contributed by atoms with E-state index in [1.165, 1.54) is 0 Å². The molecule has 0 aliphatic heterocycles. The number of urea groups is 1. The number of anilines is 1. The standard InChI is InChI=1S/C22H20Cl2N2O2/c1-22(2,26-21(27)25-16-9-5-3-6-10-16)15-13-18(23)20(19(24)14-15)28-17-11-7-4-8-12-17/h3-14H,1-2H3,(H2,25,26,27). The lowest BCUT2D eigenvalue weighted by Crippen LogP contribution is -2.43. The Hall–Kier alpha value is -2.69. The smallest absolute Gasteiger partial charge is 0.319 e. The second-order valence-electron chi connectivity index (χ2n) is 6.75. The van der Waals surface area contributed by atoms with E-state index in [0.29, 0.717) is 27.2 Å². The molecule has 0 radical (unpaired) electrons. The van der Waals surface area contributed by atoms with Gasteiger partial charge in [0.25, 0.3) is 0 Å². The quantitative estimate of drug-likeness (QED) is 0.479. The molecule has 0 bridgehead atoms. The SMILES string of the molecule is CC(C)(NC(=O)Nc1ccccc1)c1cc(Cl)c(Oc2ccccc2)c(Cl)c1. The third-order valence-electron chi connectivity index (χ3n) is 4.14. The van der Waals surface area contributed by atoms with Crippen LogP contribution in [0.25, 0.3) is 0 Å². The van der Waals surface area contributed by atoms with E-state index in [0.717, 1.165) is 5.56 Å². The van der Waals surface area contributed by atoms with Gasteiger partial charge in [-0.3, -0.25) is 0 Å². The number of para-hydroxylation sites is 2. The maximum Gasteiger partial charge on any atom is 0.319 e. The molecule has 0 aliphatic carbocycles. The average Bonchev–Trinajstić information content (AvgIpc) is 2.65. The van der Waals surface area contributed by atoms with Crippen LogP contribution in [0.2, 0.25) is 10.0 Å². The van der Waals surface area contributed by atoms with Crippen LogP contribution in [0.4, 0.5) is 10.5 Å². The Bertz CT molecular complexity index is 938. The first-order valence-electron chi connectivity index (χ1n) is 8.72. The fraction of sp³-hybridized carbons (Fsp3) is 0.136. The molecule has 0 unspecified atom stereocenters. The summed E-state index contributed by atoms with van der Waals surface area (Å²) >= 11 is 12.8. The molecule has 3 aromatic rings. The van der Waals surface area contributed by atoms with Crippen molar-refractivity contribution in [2.24, 2.45) is 0 Å². The summed E-state index contributed by atoms with van der Waals surface area (Å²) in [4.78, 5) is 12.4. The predicted octanol–water partition coefficient (Wildman–Crippen LogP) is 6.84. The largest absolute Gasteiger partial charge is 0.454 e. The van der Waals surface area contributed by atoms with Gasteiger partial charge in [0.05, 0.1) is 15.6 Å². The summed E-state index contributed by atoms with van der Waals surface area (Å²) < 4.78 is 5.80. The lowest BCUT2D eigenvalue weighted by atomic mass is 9.94. The van der Waals surface area contributed by atoms with E-state index in [2.05, 4.69) is 10.6 Å². The summed E-state index contributed by atoms with van der Waals surface area (Å²) in [6.07, 6.45) is 0. The van der Waals surface area contributed by atoms with Crippen LogP contribution in [0.5, 0.6) is 11.5 Å². The fourth-order valence-corrected chi connectivity index (χ4v) is 3.23. The molecule has 4 nitrogen and oxygen atoms in total. The molecular formula is C22H20Cl2N2O2. The minimum absolute atomic E-state index is 0.326. The van der Waals surface area contributed by atoms with Crippen molar-refractivity contribution in [2.45, 2.75) is 19.4 Å². The summed E-state index contributed by atoms with van der Waals surface area (Å²) in [5.41, 5.74) is 0.752. The van der Waals surface area contributed by atoms with Crippen molar-refractivity contribution in [1.29, 1.82) is 0 Å². The number of benzene rings is 3. The van der Waals surface area contributed by atoms with Gasteiger partial charge in [-0.05, 0) is 55.8 Å². The zero-order valence-corrected chi connectivity index (χ0v) is 17.0. The van der Waals surface area contributed by atoms with Crippen molar-refractivity contribution >= 4 is 34.9 Å². The van der Waals surface area contributed by atoms with E-state index in [-0.39, 0.29) is 6.03 Å². The fourth-order valence-electron chi connectivity index (χ4n) is 2.66. The van der Waals surface area contributed by atoms with Crippen LogP contribution in [0.15, 0.2) is 72.8 Å². The van der Waals surface area contributed by atoms with Crippen LogP contribution >= 0.6 is 23.2 Å². The highest BCUT2D eigenvalue weighted by Crippen LogP contribution is 2.39. The van der Waals surface area contributed by atoms with E-state index in [1.807, 2.05) is 74.5 Å². The van der Waals surface area contributed by atoms with E-state index >= 15 is 0 Å². The van der Waals surface area contributed by atoms with Gasteiger partial charge >= 0.3 is 6.03 Å². The first-order chi connectivity index (χ1) is 13.3. The van der Waals surface area contributed by atoms with Crippen LogP contribution in [0.3, 0.4) is 0 Å². The molecule has 0 aliphatic rings. The number of halogens is 2. The molecule has 0 saturated carbocycles. The van der Waals surface area contributed by atoms with Crippen LogP contribution in [-0.2, 0) is 5.54 Å². The second-order valence-corrected chi connectivity index (χ2v) is 7.57. The van der Waals surface area contributed by atoms with Crippen LogP contribution in [0.1, 0.15) is 19.4 Å². The maximum absolute atomic E-state index is 12.4. The lowest BCUT2D eigenvalue weighted by molar-refractivity contribution is 0.242. The highest BCUT2D eigenvalue weighted by molar-refractivity contribution is 6.37. The Morgan fingerprint density at radius 3 is 2.00 bits per heavy atom. The van der Waals surface area contributed by atoms with Crippen molar-refractivity contribution < 1.29 is 9.53 Å².